The van der Waals surface area contributed by atoms with Gasteiger partial charge in [-0.05, 0) is 60.9 Å². The van der Waals surface area contributed by atoms with E-state index in [1.165, 1.54) is 23.1 Å². The highest BCUT2D eigenvalue weighted by Gasteiger charge is 2.52. The molecule has 0 spiro atoms. The molecule has 0 saturated carbocycles. The third-order valence-electron chi connectivity index (χ3n) is 8.09. The van der Waals surface area contributed by atoms with Crippen LogP contribution in [0.2, 0.25) is 0 Å². The van der Waals surface area contributed by atoms with E-state index in [-0.39, 0.29) is 30.0 Å². The van der Waals surface area contributed by atoms with Crippen molar-refractivity contribution in [1.82, 2.24) is 10.2 Å². The van der Waals surface area contributed by atoms with E-state index in [2.05, 4.69) is 95.3 Å². The second-order valence-corrected chi connectivity index (χ2v) is 10.8. The number of benzene rings is 3. The molecule has 3 heterocycles. The van der Waals surface area contributed by atoms with Crippen LogP contribution in [-0.4, -0.2) is 56.0 Å². The fourth-order valence-electron chi connectivity index (χ4n) is 6.39. The molecule has 6 rings (SSSR count). The van der Waals surface area contributed by atoms with Gasteiger partial charge in [0.1, 0.15) is 11.8 Å². The van der Waals surface area contributed by atoms with Crippen LogP contribution in [0.5, 0.6) is 5.75 Å². The number of esters is 1. The van der Waals surface area contributed by atoms with Crippen molar-refractivity contribution in [1.29, 1.82) is 0 Å². The Kier molecular flexibility index (Phi) is 8.18. The normalized spacial score (nSPS) is 24.7. The van der Waals surface area contributed by atoms with Crippen molar-refractivity contribution >= 4 is 17.7 Å². The van der Waals surface area contributed by atoms with Crippen molar-refractivity contribution in [2.75, 3.05) is 27.0 Å². The fraction of sp³-hybridized carbons (Fsp3) is 0.387. The number of hydrogen-bond donors (Lipinski definition) is 1. The fourth-order valence-corrected chi connectivity index (χ4v) is 6.85. The minimum absolute atomic E-state index is 0.108. The van der Waals surface area contributed by atoms with E-state index in [0.717, 1.165) is 30.7 Å². The molecule has 1 unspecified atom stereocenters. The summed E-state index contributed by atoms with van der Waals surface area (Å²) in [5.74, 6) is 1.28. The highest BCUT2D eigenvalue weighted by Crippen LogP contribution is 2.45. The number of rotatable bonds is 9. The maximum atomic E-state index is 12.9. The average Bonchev–Trinajstić information content (AvgIpc) is 2.97. The van der Waals surface area contributed by atoms with Gasteiger partial charge in [-0.2, -0.15) is 0 Å². The molecule has 2 bridgehead atoms. The summed E-state index contributed by atoms with van der Waals surface area (Å²) in [5, 5.41) is 3.96. The van der Waals surface area contributed by atoms with Crippen LogP contribution in [0.25, 0.3) is 0 Å². The van der Waals surface area contributed by atoms with Crippen LogP contribution in [0.15, 0.2) is 83.8 Å². The van der Waals surface area contributed by atoms with E-state index in [4.69, 9.17) is 9.47 Å². The largest absolute Gasteiger partial charge is 0.496 e. The highest BCUT2D eigenvalue weighted by molar-refractivity contribution is 7.98. The molecule has 3 aromatic rings. The Labute approximate surface area is 224 Å². The standard InChI is InChI=1S/C31H36N2O3S/c1-35-27-15-14-25(37-3)18-24(27)20-32-29-23-16-17-33(26(19-23)31(34)36-2)30(29)28(21-10-6-4-7-11-21)22-12-8-5-9-13-22/h4-15,18,23,26,28-30,32H,16-17,19-20H2,1-3H3/t23-,26-,29-,30-/m1/s1. The molecule has 3 aliphatic rings. The van der Waals surface area contributed by atoms with E-state index in [1.807, 2.05) is 0 Å². The summed E-state index contributed by atoms with van der Waals surface area (Å²) in [5.41, 5.74) is 3.69. The van der Waals surface area contributed by atoms with Crippen LogP contribution in [-0.2, 0) is 16.1 Å². The molecule has 1 N–H and O–H groups in total. The summed E-state index contributed by atoms with van der Waals surface area (Å²) in [6, 6.07) is 27.9. The van der Waals surface area contributed by atoms with Gasteiger partial charge in [0.05, 0.1) is 14.2 Å². The molecule has 5 nitrogen and oxygen atoms in total. The molecule has 37 heavy (non-hydrogen) atoms. The lowest BCUT2D eigenvalue weighted by molar-refractivity contribution is -0.156. The van der Waals surface area contributed by atoms with Crippen LogP contribution in [0.4, 0.5) is 0 Å². The predicted octanol–water partition coefficient (Wildman–Crippen LogP) is 5.34. The zero-order chi connectivity index (χ0) is 25.8. The van der Waals surface area contributed by atoms with Gasteiger partial charge in [0.25, 0.3) is 0 Å². The Morgan fingerprint density at radius 3 is 2.30 bits per heavy atom. The van der Waals surface area contributed by atoms with Gasteiger partial charge in [-0.25, -0.2) is 0 Å². The molecular weight excluding hydrogens is 480 g/mol. The second-order valence-electron chi connectivity index (χ2n) is 9.94. The predicted molar refractivity (Wildman–Crippen MR) is 149 cm³/mol. The Balaban J connectivity index is 1.55. The average molecular weight is 517 g/mol. The first-order valence-electron chi connectivity index (χ1n) is 13.0. The van der Waals surface area contributed by atoms with Crippen LogP contribution in [0, 0.1) is 5.92 Å². The topological polar surface area (TPSA) is 50.8 Å². The van der Waals surface area contributed by atoms with E-state index >= 15 is 0 Å². The maximum absolute atomic E-state index is 12.9. The number of thioether (sulfide) groups is 1. The number of fused-ring (bicyclic) bond motifs is 3. The van der Waals surface area contributed by atoms with Gasteiger partial charge in [-0.1, -0.05) is 60.7 Å². The van der Waals surface area contributed by atoms with Gasteiger partial charge in [0.15, 0.2) is 0 Å². The van der Waals surface area contributed by atoms with Gasteiger partial charge in [-0.3, -0.25) is 9.69 Å². The number of carbonyl (C=O) groups excluding carboxylic acids is 1. The number of carbonyl (C=O) groups is 1. The molecule has 6 heteroatoms. The van der Waals surface area contributed by atoms with Crippen LogP contribution < -0.4 is 10.1 Å². The Morgan fingerprint density at radius 2 is 1.70 bits per heavy atom. The second kappa shape index (κ2) is 11.7. The molecule has 5 atom stereocenters. The summed E-state index contributed by atoms with van der Waals surface area (Å²) in [6.07, 6.45) is 3.98. The quantitative estimate of drug-likeness (QED) is 0.306. The Morgan fingerprint density at radius 1 is 1.03 bits per heavy atom. The number of ether oxygens (including phenoxy) is 2. The summed E-state index contributed by atoms with van der Waals surface area (Å²) in [4.78, 5) is 16.6. The maximum Gasteiger partial charge on any atom is 0.323 e. The van der Waals surface area contributed by atoms with Gasteiger partial charge in [0, 0.05) is 35.0 Å². The minimum Gasteiger partial charge on any atom is -0.496 e. The first kappa shape index (κ1) is 25.8. The summed E-state index contributed by atoms with van der Waals surface area (Å²) < 4.78 is 11.0. The summed E-state index contributed by atoms with van der Waals surface area (Å²) >= 11 is 1.74. The first-order valence-corrected chi connectivity index (χ1v) is 14.2. The molecule has 0 aliphatic carbocycles. The third kappa shape index (κ3) is 5.28. The van der Waals surface area contributed by atoms with Crippen molar-refractivity contribution in [2.24, 2.45) is 5.92 Å². The van der Waals surface area contributed by atoms with Gasteiger partial charge < -0.3 is 14.8 Å². The third-order valence-corrected chi connectivity index (χ3v) is 8.82. The molecule has 0 radical (unpaired) electrons. The zero-order valence-electron chi connectivity index (χ0n) is 21.8. The van der Waals surface area contributed by atoms with Crippen molar-refractivity contribution in [3.05, 3.63) is 95.6 Å². The van der Waals surface area contributed by atoms with E-state index < -0.39 is 0 Å². The highest BCUT2D eigenvalue weighted by atomic mass is 32.2. The van der Waals surface area contributed by atoms with Gasteiger partial charge >= 0.3 is 5.97 Å². The van der Waals surface area contributed by atoms with E-state index in [0.29, 0.717) is 12.5 Å². The van der Waals surface area contributed by atoms with Crippen molar-refractivity contribution in [2.45, 2.75) is 48.3 Å². The molecular formula is C31H36N2O3S. The van der Waals surface area contributed by atoms with Crippen molar-refractivity contribution < 1.29 is 14.3 Å². The number of methoxy groups -OCH3 is 2. The first-order chi connectivity index (χ1) is 18.1. The van der Waals surface area contributed by atoms with E-state index in [1.54, 1.807) is 18.9 Å². The number of hydrogen-bond acceptors (Lipinski definition) is 6. The van der Waals surface area contributed by atoms with Gasteiger partial charge in [0.2, 0.25) is 0 Å². The molecule has 3 aromatic carbocycles. The lowest BCUT2D eigenvalue weighted by Crippen LogP contribution is -2.69. The Hall–Kier alpha value is -2.80. The van der Waals surface area contributed by atoms with Gasteiger partial charge in [-0.15, -0.1) is 11.8 Å². The SMILES string of the molecule is COC(=O)[C@H]1C[C@H]2CCN1[C@H](C(c1ccccc1)c1ccccc1)[C@@H]2NCc1cc(SC)ccc1OC. The lowest BCUT2D eigenvalue weighted by atomic mass is 9.68. The number of piperidine rings is 3. The minimum atomic E-state index is -0.212. The van der Waals surface area contributed by atoms with Crippen LogP contribution >= 0.6 is 11.8 Å². The summed E-state index contributed by atoms with van der Waals surface area (Å²) in [6.45, 7) is 1.61. The smallest absolute Gasteiger partial charge is 0.323 e. The Bertz CT molecular complexity index is 1150. The molecule has 3 aliphatic heterocycles. The molecule has 0 amide bonds. The van der Waals surface area contributed by atoms with E-state index in [9.17, 15) is 4.79 Å². The number of nitrogens with zero attached hydrogens (tertiary/aromatic N) is 1. The lowest BCUT2D eigenvalue weighted by Gasteiger charge is -2.56. The molecule has 3 saturated heterocycles. The summed E-state index contributed by atoms with van der Waals surface area (Å²) in [7, 11) is 3.24. The zero-order valence-corrected chi connectivity index (χ0v) is 22.6. The van der Waals surface area contributed by atoms with Crippen molar-refractivity contribution in [3.63, 3.8) is 0 Å². The van der Waals surface area contributed by atoms with Crippen LogP contribution in [0.1, 0.15) is 35.4 Å². The molecule has 194 valence electrons. The molecule has 0 aromatic heterocycles. The monoisotopic (exact) mass is 516 g/mol. The van der Waals surface area contributed by atoms with Crippen LogP contribution in [0.3, 0.4) is 0 Å². The van der Waals surface area contributed by atoms with Crippen molar-refractivity contribution in [3.8, 4) is 5.75 Å². The number of nitrogens with one attached hydrogen (secondary N) is 1. The molecule has 3 fully saturated rings.